The van der Waals surface area contributed by atoms with Crippen LogP contribution in [0.5, 0.6) is 0 Å². The summed E-state index contributed by atoms with van der Waals surface area (Å²) in [6.07, 6.45) is 1.93. The third kappa shape index (κ3) is 3.44. The van der Waals surface area contributed by atoms with E-state index in [2.05, 4.69) is 10.4 Å². The van der Waals surface area contributed by atoms with Gasteiger partial charge in [-0.05, 0) is 37.5 Å². The van der Waals surface area contributed by atoms with Gasteiger partial charge in [0.2, 0.25) is 5.91 Å². The Bertz CT molecular complexity index is 997. The number of halogens is 1. The van der Waals surface area contributed by atoms with Gasteiger partial charge in [-0.2, -0.15) is 5.10 Å². The predicted molar refractivity (Wildman–Crippen MR) is 106 cm³/mol. The Kier molecular flexibility index (Phi) is 5.05. The summed E-state index contributed by atoms with van der Waals surface area (Å²) in [6.45, 7) is 3.39. The lowest BCUT2D eigenvalue weighted by Crippen LogP contribution is -2.62. The van der Waals surface area contributed by atoms with Crippen LogP contribution in [0.3, 0.4) is 0 Å². The third-order valence-electron chi connectivity index (χ3n) is 5.97. The average molecular weight is 413 g/mol. The fourth-order valence-corrected chi connectivity index (χ4v) is 3.89. The molecular formula is C21H24FN5O3. The molecule has 1 N–H and O–H groups in total. The first kappa shape index (κ1) is 20.1. The van der Waals surface area contributed by atoms with E-state index in [1.165, 1.54) is 27.8 Å². The molecule has 2 aliphatic rings. The molecule has 0 unspecified atom stereocenters. The fraction of sp³-hybridized carbons (Fsp3) is 0.429. The summed E-state index contributed by atoms with van der Waals surface area (Å²) in [5.74, 6) is -1.25. The van der Waals surface area contributed by atoms with Gasteiger partial charge >= 0.3 is 0 Å². The average Bonchev–Trinajstić information content (AvgIpc) is 3.41. The van der Waals surface area contributed by atoms with Crippen molar-refractivity contribution in [2.24, 2.45) is 0 Å². The molecule has 0 aliphatic carbocycles. The number of fused-ring (bicyclic) bond motifs is 1. The van der Waals surface area contributed by atoms with Crippen LogP contribution in [-0.2, 0) is 17.9 Å². The number of likely N-dealkylation sites (tertiary alicyclic amines) is 1. The number of likely N-dealkylation sites (N-methyl/N-ethyl adjacent to an activating group) is 1. The Labute approximate surface area is 173 Å². The second kappa shape index (κ2) is 7.55. The minimum absolute atomic E-state index is 0.132. The van der Waals surface area contributed by atoms with Crippen LogP contribution in [0.4, 0.5) is 4.39 Å². The van der Waals surface area contributed by atoms with E-state index in [0.717, 1.165) is 18.4 Å². The standard InChI is InChI=1S/C21H24FN5O3/c1-21(20(30)23-12-14-5-7-15(22)8-6-14)13-27-17(19(29)25(21)2)11-16(24-27)18(28)26-9-3-4-10-26/h5-8,11H,3-4,9-10,12-13H2,1-2H3,(H,23,30)/t21-/m1/s1. The molecule has 8 nitrogen and oxygen atoms in total. The summed E-state index contributed by atoms with van der Waals surface area (Å²) in [4.78, 5) is 41.7. The Morgan fingerprint density at radius 1 is 1.20 bits per heavy atom. The minimum atomic E-state index is -1.18. The van der Waals surface area contributed by atoms with Gasteiger partial charge in [-0.25, -0.2) is 4.39 Å². The van der Waals surface area contributed by atoms with E-state index in [1.807, 2.05) is 0 Å². The van der Waals surface area contributed by atoms with Gasteiger partial charge in [-0.1, -0.05) is 12.1 Å². The molecule has 158 valence electrons. The molecule has 1 saturated heterocycles. The molecule has 2 aliphatic heterocycles. The Morgan fingerprint density at radius 3 is 2.53 bits per heavy atom. The fourth-order valence-electron chi connectivity index (χ4n) is 3.89. The molecule has 0 spiro atoms. The van der Waals surface area contributed by atoms with Crippen LogP contribution >= 0.6 is 0 Å². The SMILES string of the molecule is CN1C(=O)c2cc(C(=O)N3CCCC3)nn2C[C@]1(C)C(=O)NCc1ccc(F)cc1. The second-order valence-electron chi connectivity index (χ2n) is 8.02. The van der Waals surface area contributed by atoms with Crippen LogP contribution in [-0.4, -0.2) is 63.0 Å². The van der Waals surface area contributed by atoms with Crippen molar-refractivity contribution in [1.29, 1.82) is 0 Å². The Morgan fingerprint density at radius 2 is 1.87 bits per heavy atom. The first-order chi connectivity index (χ1) is 14.3. The molecular weight excluding hydrogens is 389 g/mol. The van der Waals surface area contributed by atoms with Crippen molar-refractivity contribution in [2.45, 2.75) is 38.4 Å². The van der Waals surface area contributed by atoms with Crippen molar-refractivity contribution >= 4 is 17.7 Å². The lowest BCUT2D eigenvalue weighted by molar-refractivity contribution is -0.132. The van der Waals surface area contributed by atoms with Gasteiger partial charge in [0, 0.05) is 32.7 Å². The number of hydrogen-bond donors (Lipinski definition) is 1. The van der Waals surface area contributed by atoms with Crippen LogP contribution < -0.4 is 5.32 Å². The third-order valence-corrected chi connectivity index (χ3v) is 5.97. The smallest absolute Gasteiger partial charge is 0.274 e. The van der Waals surface area contributed by atoms with E-state index in [1.54, 1.807) is 31.0 Å². The number of carbonyl (C=O) groups excluding carboxylic acids is 3. The summed E-state index contributed by atoms with van der Waals surface area (Å²) >= 11 is 0. The van der Waals surface area contributed by atoms with E-state index in [0.29, 0.717) is 18.8 Å². The molecule has 4 rings (SSSR count). The quantitative estimate of drug-likeness (QED) is 0.821. The molecule has 1 atom stereocenters. The van der Waals surface area contributed by atoms with Crippen LogP contribution in [0.2, 0.25) is 0 Å². The normalized spacial score (nSPS) is 21.0. The Hall–Kier alpha value is -3.23. The summed E-state index contributed by atoms with van der Waals surface area (Å²) < 4.78 is 14.5. The number of rotatable bonds is 4. The second-order valence-corrected chi connectivity index (χ2v) is 8.02. The van der Waals surface area contributed by atoms with E-state index >= 15 is 0 Å². The lowest BCUT2D eigenvalue weighted by Gasteiger charge is -2.40. The number of aromatic nitrogens is 2. The molecule has 0 radical (unpaired) electrons. The number of carbonyl (C=O) groups is 3. The summed E-state index contributed by atoms with van der Waals surface area (Å²) in [5, 5.41) is 7.16. The number of benzene rings is 1. The highest BCUT2D eigenvalue weighted by Gasteiger charge is 2.46. The molecule has 1 fully saturated rings. The largest absolute Gasteiger partial charge is 0.350 e. The minimum Gasteiger partial charge on any atom is -0.350 e. The van der Waals surface area contributed by atoms with Gasteiger partial charge < -0.3 is 15.1 Å². The molecule has 3 amide bonds. The molecule has 0 saturated carbocycles. The van der Waals surface area contributed by atoms with Crippen molar-refractivity contribution in [3.63, 3.8) is 0 Å². The first-order valence-electron chi connectivity index (χ1n) is 9.97. The van der Waals surface area contributed by atoms with Crippen LogP contribution in [0.15, 0.2) is 30.3 Å². The predicted octanol–water partition coefficient (Wildman–Crippen LogP) is 1.42. The van der Waals surface area contributed by atoms with Crippen molar-refractivity contribution in [2.75, 3.05) is 20.1 Å². The lowest BCUT2D eigenvalue weighted by atomic mass is 9.96. The maximum absolute atomic E-state index is 13.1. The van der Waals surface area contributed by atoms with Gasteiger partial charge in [0.15, 0.2) is 5.69 Å². The highest BCUT2D eigenvalue weighted by Crippen LogP contribution is 2.26. The number of amides is 3. The monoisotopic (exact) mass is 413 g/mol. The van der Waals surface area contributed by atoms with Gasteiger partial charge in [-0.15, -0.1) is 0 Å². The van der Waals surface area contributed by atoms with Gasteiger partial charge in [-0.3, -0.25) is 19.1 Å². The van der Waals surface area contributed by atoms with E-state index in [-0.39, 0.29) is 42.3 Å². The molecule has 0 bridgehead atoms. The zero-order valence-corrected chi connectivity index (χ0v) is 17.0. The first-order valence-corrected chi connectivity index (χ1v) is 9.97. The topological polar surface area (TPSA) is 87.5 Å². The molecule has 30 heavy (non-hydrogen) atoms. The van der Waals surface area contributed by atoms with Gasteiger partial charge in [0.25, 0.3) is 11.8 Å². The summed E-state index contributed by atoms with van der Waals surface area (Å²) in [7, 11) is 1.57. The van der Waals surface area contributed by atoms with Crippen molar-refractivity contribution < 1.29 is 18.8 Å². The summed E-state index contributed by atoms with van der Waals surface area (Å²) in [6, 6.07) is 7.35. The molecule has 1 aromatic heterocycles. The van der Waals surface area contributed by atoms with Crippen LogP contribution in [0.1, 0.15) is 46.3 Å². The highest BCUT2D eigenvalue weighted by atomic mass is 19.1. The number of nitrogens with zero attached hydrogens (tertiary/aromatic N) is 4. The summed E-state index contributed by atoms with van der Waals surface area (Å²) in [5.41, 5.74) is 0.0919. The van der Waals surface area contributed by atoms with Crippen LogP contribution in [0, 0.1) is 5.82 Å². The zero-order valence-electron chi connectivity index (χ0n) is 17.0. The zero-order chi connectivity index (χ0) is 21.5. The van der Waals surface area contributed by atoms with E-state index in [9.17, 15) is 18.8 Å². The molecule has 1 aromatic carbocycles. The van der Waals surface area contributed by atoms with Crippen LogP contribution in [0.25, 0.3) is 0 Å². The maximum Gasteiger partial charge on any atom is 0.274 e. The molecule has 3 heterocycles. The maximum atomic E-state index is 13.1. The molecule has 9 heteroatoms. The number of hydrogen-bond acceptors (Lipinski definition) is 4. The van der Waals surface area contributed by atoms with E-state index < -0.39 is 5.54 Å². The van der Waals surface area contributed by atoms with E-state index in [4.69, 9.17) is 0 Å². The highest BCUT2D eigenvalue weighted by molar-refractivity contribution is 6.01. The van der Waals surface area contributed by atoms with Gasteiger partial charge in [0.1, 0.15) is 17.1 Å². The van der Waals surface area contributed by atoms with Crippen molar-refractivity contribution in [3.8, 4) is 0 Å². The Balaban J connectivity index is 1.52. The van der Waals surface area contributed by atoms with Crippen molar-refractivity contribution in [3.05, 3.63) is 53.1 Å². The van der Waals surface area contributed by atoms with Gasteiger partial charge in [0.05, 0.1) is 6.54 Å². The van der Waals surface area contributed by atoms with Crippen molar-refractivity contribution in [1.82, 2.24) is 24.9 Å². The number of nitrogens with one attached hydrogen (secondary N) is 1. The molecule has 2 aromatic rings.